The van der Waals surface area contributed by atoms with Crippen molar-refractivity contribution in [3.63, 3.8) is 0 Å². The van der Waals surface area contributed by atoms with Gasteiger partial charge in [-0.25, -0.2) is 13.2 Å². The highest BCUT2D eigenvalue weighted by Gasteiger charge is 2.44. The monoisotopic (exact) mass is 672 g/mol. The van der Waals surface area contributed by atoms with Gasteiger partial charge in [0.2, 0.25) is 10.0 Å². The normalized spacial score (nSPS) is 21.4. The summed E-state index contributed by atoms with van der Waals surface area (Å²) in [4.78, 5) is 31.3. The molecule has 0 unspecified atom stereocenters. The second-order valence-electron chi connectivity index (χ2n) is 11.4. The molecule has 4 rings (SSSR count). The SMILES string of the molecule is COc1ccc(S(=O)(=O)N(CC(C)C)C[C@@H](O)[C@H](Cc2ccccc2)NC(=O)O[C@H]2CO[C@H]3OCC[C@H]32)cc1OCP(=O)(O)O. The number of nitrogens with zero attached hydrogens (tertiary/aromatic N) is 1. The first-order chi connectivity index (χ1) is 21.3. The molecular weight excluding hydrogens is 631 g/mol. The summed E-state index contributed by atoms with van der Waals surface area (Å²) in [6.45, 7) is 3.98. The molecule has 0 saturated carbocycles. The maximum atomic E-state index is 13.9. The van der Waals surface area contributed by atoms with Crippen LogP contribution >= 0.6 is 7.60 Å². The van der Waals surface area contributed by atoms with Gasteiger partial charge in [0, 0.05) is 19.2 Å². The van der Waals surface area contributed by atoms with Crippen LogP contribution in [0.4, 0.5) is 4.79 Å². The molecule has 2 aliphatic rings. The molecule has 14 nitrogen and oxygen atoms in total. The van der Waals surface area contributed by atoms with E-state index in [1.165, 1.54) is 19.2 Å². The third kappa shape index (κ3) is 9.63. The molecule has 1 amide bonds. The summed E-state index contributed by atoms with van der Waals surface area (Å²) in [6.07, 6.45) is -3.16. The van der Waals surface area contributed by atoms with Gasteiger partial charge in [-0.2, -0.15) is 4.31 Å². The highest BCUT2D eigenvalue weighted by molar-refractivity contribution is 7.89. The van der Waals surface area contributed by atoms with Crippen molar-refractivity contribution in [2.24, 2.45) is 11.8 Å². The van der Waals surface area contributed by atoms with Gasteiger partial charge in [0.15, 0.2) is 24.1 Å². The molecule has 0 bridgehead atoms. The number of aliphatic hydroxyl groups excluding tert-OH is 1. The van der Waals surface area contributed by atoms with Gasteiger partial charge in [-0.05, 0) is 36.5 Å². The Kier molecular flexibility index (Phi) is 11.9. The highest BCUT2D eigenvalue weighted by atomic mass is 32.2. The molecule has 2 aromatic rings. The Morgan fingerprint density at radius 3 is 2.51 bits per heavy atom. The van der Waals surface area contributed by atoms with Crippen molar-refractivity contribution in [1.82, 2.24) is 9.62 Å². The number of sulfonamides is 1. The van der Waals surface area contributed by atoms with Gasteiger partial charge in [-0.3, -0.25) is 4.57 Å². The summed E-state index contributed by atoms with van der Waals surface area (Å²) in [5, 5.41) is 14.2. The van der Waals surface area contributed by atoms with Crippen LogP contribution in [0.3, 0.4) is 0 Å². The van der Waals surface area contributed by atoms with Gasteiger partial charge in [-0.1, -0.05) is 44.2 Å². The van der Waals surface area contributed by atoms with Crippen molar-refractivity contribution in [3.05, 3.63) is 54.1 Å². The van der Waals surface area contributed by atoms with E-state index in [4.69, 9.17) is 23.7 Å². The van der Waals surface area contributed by atoms with Gasteiger partial charge in [0.05, 0.1) is 43.3 Å². The van der Waals surface area contributed by atoms with Crippen molar-refractivity contribution < 1.29 is 56.4 Å². The van der Waals surface area contributed by atoms with E-state index in [2.05, 4.69) is 5.32 Å². The molecule has 2 fully saturated rings. The number of ether oxygens (including phenoxy) is 5. The average Bonchev–Trinajstić information content (AvgIpc) is 3.60. The zero-order chi connectivity index (χ0) is 32.8. The summed E-state index contributed by atoms with van der Waals surface area (Å²) in [5.41, 5.74) is 0.801. The average molecular weight is 673 g/mol. The minimum atomic E-state index is -4.57. The number of hydrogen-bond donors (Lipinski definition) is 4. The fourth-order valence-corrected chi connectivity index (χ4v) is 7.21. The van der Waals surface area contributed by atoms with Gasteiger partial charge in [-0.15, -0.1) is 0 Å². The summed E-state index contributed by atoms with van der Waals surface area (Å²) < 4.78 is 67.4. The van der Waals surface area contributed by atoms with Crippen molar-refractivity contribution in [1.29, 1.82) is 0 Å². The highest BCUT2D eigenvalue weighted by Crippen LogP contribution is 2.38. The minimum absolute atomic E-state index is 0.0229. The van der Waals surface area contributed by atoms with E-state index in [0.29, 0.717) is 13.0 Å². The third-order valence-corrected chi connectivity index (χ3v) is 9.72. The van der Waals surface area contributed by atoms with Crippen LogP contribution in [0.15, 0.2) is 53.4 Å². The molecule has 4 N–H and O–H groups in total. The maximum Gasteiger partial charge on any atom is 0.407 e. The Morgan fingerprint density at radius 2 is 1.84 bits per heavy atom. The van der Waals surface area contributed by atoms with Crippen molar-refractivity contribution in [2.45, 2.75) is 56.1 Å². The summed E-state index contributed by atoms with van der Waals surface area (Å²) in [5.74, 6) is -0.333. The van der Waals surface area contributed by atoms with Crippen LogP contribution in [0.5, 0.6) is 11.5 Å². The number of amides is 1. The van der Waals surface area contributed by atoms with Crippen molar-refractivity contribution >= 4 is 23.7 Å². The van der Waals surface area contributed by atoms with Crippen LogP contribution in [0, 0.1) is 11.8 Å². The molecule has 2 heterocycles. The lowest BCUT2D eigenvalue weighted by molar-refractivity contribution is -0.0907. The topological polar surface area (TPSA) is 190 Å². The number of carbonyl (C=O) groups excluding carboxylic acids is 1. The molecule has 0 aromatic heterocycles. The molecule has 2 aliphatic heterocycles. The first-order valence-electron chi connectivity index (χ1n) is 14.5. The Balaban J connectivity index is 1.55. The largest absolute Gasteiger partial charge is 0.493 e. The Bertz CT molecular complexity index is 1440. The van der Waals surface area contributed by atoms with E-state index < -0.39 is 54.6 Å². The summed E-state index contributed by atoms with van der Waals surface area (Å²) >= 11 is 0. The van der Waals surface area contributed by atoms with Crippen molar-refractivity contribution in [3.8, 4) is 11.5 Å². The first-order valence-corrected chi connectivity index (χ1v) is 17.8. The van der Waals surface area contributed by atoms with Crippen LogP contribution < -0.4 is 14.8 Å². The molecule has 45 heavy (non-hydrogen) atoms. The lowest BCUT2D eigenvalue weighted by Gasteiger charge is -2.31. The van der Waals surface area contributed by atoms with Crippen LogP contribution in [0.25, 0.3) is 0 Å². The number of alkyl carbamates (subject to hydrolysis) is 1. The number of aliphatic hydroxyl groups is 1. The summed E-state index contributed by atoms with van der Waals surface area (Å²) in [6, 6.07) is 11.9. The second kappa shape index (κ2) is 15.2. The Labute approximate surface area is 262 Å². The second-order valence-corrected chi connectivity index (χ2v) is 15.0. The number of methoxy groups -OCH3 is 1. The molecular formula is C29H41N2O12PS. The summed E-state index contributed by atoms with van der Waals surface area (Å²) in [7, 11) is -7.55. The number of carbonyl (C=O) groups is 1. The standard InChI is InChI=1S/C29H41N2O12PS/c1-19(2)15-31(45(37,38)21-9-10-25(39-3)26(14-21)42-18-44(34,35)36)16-24(32)23(13-20-7-5-4-6-8-20)30-29(33)43-27-17-41-28-22(27)11-12-40-28/h4-10,14,19,22-24,27-28,32H,11-13,15-18H2,1-3H3,(H,30,33)(H2,34,35,36)/t22-,23-,24+,27-,28+/m0/s1. The molecule has 16 heteroatoms. The third-order valence-electron chi connectivity index (χ3n) is 7.43. The first kappa shape index (κ1) is 35.1. The number of hydrogen-bond acceptors (Lipinski definition) is 10. The zero-order valence-corrected chi connectivity index (χ0v) is 27.1. The number of rotatable bonds is 15. The van der Waals surface area contributed by atoms with Crippen LogP contribution in [0.1, 0.15) is 25.8 Å². The van der Waals surface area contributed by atoms with Gasteiger partial charge in [0.25, 0.3) is 0 Å². The van der Waals surface area contributed by atoms with Crippen LogP contribution in [-0.4, -0.2) is 98.0 Å². The predicted octanol–water partition coefficient (Wildman–Crippen LogP) is 2.32. The van der Waals surface area contributed by atoms with Gasteiger partial charge < -0.3 is 43.9 Å². The van der Waals surface area contributed by atoms with E-state index in [1.54, 1.807) is 0 Å². The lowest BCUT2D eigenvalue weighted by Crippen LogP contribution is -2.51. The smallest absolute Gasteiger partial charge is 0.407 e. The molecule has 250 valence electrons. The molecule has 2 aromatic carbocycles. The van der Waals surface area contributed by atoms with E-state index in [9.17, 15) is 32.7 Å². The molecule has 5 atom stereocenters. The van der Waals surface area contributed by atoms with E-state index in [-0.39, 0.29) is 54.3 Å². The predicted molar refractivity (Wildman–Crippen MR) is 161 cm³/mol. The van der Waals surface area contributed by atoms with E-state index >= 15 is 0 Å². The quantitative estimate of drug-likeness (QED) is 0.202. The van der Waals surface area contributed by atoms with Crippen LogP contribution in [-0.2, 0) is 35.2 Å². The van der Waals surface area contributed by atoms with E-state index in [0.717, 1.165) is 15.9 Å². The zero-order valence-electron chi connectivity index (χ0n) is 25.4. The van der Waals surface area contributed by atoms with E-state index in [1.807, 2.05) is 44.2 Å². The number of fused-ring (bicyclic) bond motifs is 1. The van der Waals surface area contributed by atoms with Gasteiger partial charge >= 0.3 is 13.7 Å². The molecule has 0 spiro atoms. The molecule has 2 saturated heterocycles. The fraction of sp³-hybridized carbons (Fsp3) is 0.552. The maximum absolute atomic E-state index is 13.9. The fourth-order valence-electron chi connectivity index (χ4n) is 5.27. The van der Waals surface area contributed by atoms with Gasteiger partial charge in [0.1, 0.15) is 6.10 Å². The van der Waals surface area contributed by atoms with Crippen LogP contribution in [0.2, 0.25) is 0 Å². The minimum Gasteiger partial charge on any atom is -0.493 e. The molecule has 0 aliphatic carbocycles. The Hall–Kier alpha value is -2.75. The lowest BCUT2D eigenvalue weighted by atomic mass is 10.0. The number of nitrogens with one attached hydrogen (secondary N) is 1. The van der Waals surface area contributed by atoms with Crippen molar-refractivity contribution in [2.75, 3.05) is 39.8 Å². The number of benzene rings is 2. The molecule has 0 radical (unpaired) electrons. The Morgan fingerprint density at radius 1 is 1.11 bits per heavy atom.